The van der Waals surface area contributed by atoms with Gasteiger partial charge in [-0.05, 0) is 65.9 Å². The molecule has 0 aliphatic rings. The smallest absolute Gasteiger partial charge is 0.274 e. The van der Waals surface area contributed by atoms with E-state index in [4.69, 9.17) is 0 Å². The molecule has 1 N–H and O–H groups in total. The molecule has 0 atom stereocenters. The highest BCUT2D eigenvalue weighted by Crippen LogP contribution is 2.33. The third kappa shape index (κ3) is 8.03. The molecule has 14 heteroatoms. The zero-order valence-electron chi connectivity index (χ0n) is 26.8. The summed E-state index contributed by atoms with van der Waals surface area (Å²) in [6.45, 7) is 3.94. The SMILES string of the molecule is CCCCc1nn(-c2ccccc2C(F)(F)F)c(=O)n1Cc1ccc(-c2cc(CCC)ccc2S(=O)(=O)NS(=O)(=O)c2ccccc2)cc1. The number of hydrogen-bond acceptors (Lipinski definition) is 6. The number of aromatic nitrogens is 3. The first-order chi connectivity index (χ1) is 23.2. The molecule has 5 aromatic rings. The van der Waals surface area contributed by atoms with E-state index in [-0.39, 0.29) is 27.6 Å². The standard InChI is InChI=1S/C35H35F3N4O5S2/c1-3-5-16-33-39-42(31-15-10-9-14-30(31)35(36,37)38)34(43)41(33)24-26-17-20-27(21-18-26)29-23-25(11-4-2)19-22-32(29)49(46,47)40-48(44,45)28-12-7-6-8-13-28/h6-10,12-15,17-23,40H,3-5,11,16,24H2,1-2H3. The predicted molar refractivity (Wildman–Crippen MR) is 180 cm³/mol. The summed E-state index contributed by atoms with van der Waals surface area (Å²) in [6, 6.07) is 23.4. The molecule has 0 unspecified atom stereocenters. The molecule has 5 rings (SSSR count). The molecule has 0 aliphatic carbocycles. The van der Waals surface area contributed by atoms with E-state index in [2.05, 4.69) is 5.10 Å². The maximum Gasteiger partial charge on any atom is 0.418 e. The molecule has 1 heterocycles. The summed E-state index contributed by atoms with van der Waals surface area (Å²) in [5.41, 5.74) is 0.165. The van der Waals surface area contributed by atoms with E-state index in [0.717, 1.165) is 29.2 Å². The van der Waals surface area contributed by atoms with Gasteiger partial charge in [-0.2, -0.15) is 17.9 Å². The monoisotopic (exact) mass is 712 g/mol. The zero-order chi connectivity index (χ0) is 35.4. The Bertz CT molecular complexity index is 2210. The fourth-order valence-corrected chi connectivity index (χ4v) is 8.59. The van der Waals surface area contributed by atoms with Gasteiger partial charge in [-0.25, -0.2) is 21.6 Å². The highest BCUT2D eigenvalue weighted by Gasteiger charge is 2.35. The van der Waals surface area contributed by atoms with Crippen LogP contribution in [0.4, 0.5) is 13.2 Å². The number of nitrogens with one attached hydrogen (secondary N) is 1. The first-order valence-electron chi connectivity index (χ1n) is 15.7. The lowest BCUT2D eigenvalue weighted by atomic mass is 10.00. The van der Waals surface area contributed by atoms with E-state index in [1.165, 1.54) is 53.1 Å². The Labute approximate surface area is 283 Å². The van der Waals surface area contributed by atoms with Crippen LogP contribution in [0.3, 0.4) is 0 Å². The number of benzene rings is 4. The topological polar surface area (TPSA) is 120 Å². The van der Waals surface area contributed by atoms with Crippen LogP contribution in [0.1, 0.15) is 55.6 Å². The van der Waals surface area contributed by atoms with Crippen LogP contribution in [0, 0.1) is 0 Å². The number of nitrogens with zero attached hydrogens (tertiary/aromatic N) is 3. The Hall–Kier alpha value is -4.53. The van der Waals surface area contributed by atoms with Crippen molar-refractivity contribution in [2.24, 2.45) is 0 Å². The number of sulfonamides is 2. The zero-order valence-corrected chi connectivity index (χ0v) is 28.4. The molecular formula is C35H35F3N4O5S2. The summed E-state index contributed by atoms with van der Waals surface area (Å²) >= 11 is 0. The van der Waals surface area contributed by atoms with Crippen LogP contribution in [0.5, 0.6) is 0 Å². The minimum atomic E-state index is -4.69. The molecule has 4 aromatic carbocycles. The van der Waals surface area contributed by atoms with Gasteiger partial charge in [0.25, 0.3) is 20.0 Å². The van der Waals surface area contributed by atoms with Crippen molar-refractivity contribution in [3.63, 3.8) is 0 Å². The van der Waals surface area contributed by atoms with E-state index in [1.807, 2.05) is 18.0 Å². The van der Waals surface area contributed by atoms with Crippen molar-refractivity contribution in [1.82, 2.24) is 18.5 Å². The van der Waals surface area contributed by atoms with Gasteiger partial charge in [0.1, 0.15) is 5.82 Å². The van der Waals surface area contributed by atoms with E-state index in [0.29, 0.717) is 36.2 Å². The summed E-state index contributed by atoms with van der Waals surface area (Å²) in [7, 11) is -8.98. The number of aryl methyl sites for hydroxylation is 2. The normalized spacial score (nSPS) is 12.3. The Morgan fingerprint density at radius 2 is 1.41 bits per heavy atom. The molecule has 0 spiro atoms. The van der Waals surface area contributed by atoms with Crippen molar-refractivity contribution in [2.75, 3.05) is 0 Å². The van der Waals surface area contributed by atoms with Crippen molar-refractivity contribution in [3.05, 3.63) is 130 Å². The van der Waals surface area contributed by atoms with Gasteiger partial charge < -0.3 is 0 Å². The molecular weight excluding hydrogens is 678 g/mol. The van der Waals surface area contributed by atoms with E-state index in [1.54, 1.807) is 42.5 Å². The van der Waals surface area contributed by atoms with Crippen LogP contribution in [-0.2, 0) is 45.6 Å². The van der Waals surface area contributed by atoms with Crippen LogP contribution in [0.2, 0.25) is 0 Å². The third-order valence-electron chi connectivity index (χ3n) is 7.88. The molecule has 49 heavy (non-hydrogen) atoms. The first kappa shape index (κ1) is 35.8. The summed E-state index contributed by atoms with van der Waals surface area (Å²) in [6.07, 6.45) is -1.43. The van der Waals surface area contributed by atoms with Crippen molar-refractivity contribution < 1.29 is 30.0 Å². The Balaban J connectivity index is 1.52. The van der Waals surface area contributed by atoms with E-state index >= 15 is 0 Å². The summed E-state index contributed by atoms with van der Waals surface area (Å²) in [5, 5.41) is 4.31. The highest BCUT2D eigenvalue weighted by molar-refractivity contribution is 8.04. The van der Waals surface area contributed by atoms with Crippen LogP contribution in [0.15, 0.2) is 112 Å². The van der Waals surface area contributed by atoms with Crippen molar-refractivity contribution in [1.29, 1.82) is 0 Å². The minimum absolute atomic E-state index is 0.00422. The molecule has 0 radical (unpaired) electrons. The fraction of sp³-hybridized carbons (Fsp3) is 0.257. The molecule has 0 bridgehead atoms. The van der Waals surface area contributed by atoms with Crippen molar-refractivity contribution in [3.8, 4) is 16.8 Å². The van der Waals surface area contributed by atoms with Gasteiger partial charge in [-0.1, -0.05) is 87.4 Å². The average molecular weight is 713 g/mol. The number of rotatable bonds is 13. The number of alkyl halides is 3. The second-order valence-electron chi connectivity index (χ2n) is 11.5. The van der Waals surface area contributed by atoms with Crippen LogP contribution >= 0.6 is 0 Å². The van der Waals surface area contributed by atoms with Crippen LogP contribution in [0.25, 0.3) is 16.8 Å². The van der Waals surface area contributed by atoms with E-state index in [9.17, 15) is 34.8 Å². The average Bonchev–Trinajstić information content (AvgIpc) is 3.37. The number of hydrogen-bond donors (Lipinski definition) is 1. The molecule has 1 aromatic heterocycles. The summed E-state index contributed by atoms with van der Waals surface area (Å²) in [4.78, 5) is 13.1. The summed E-state index contributed by atoms with van der Waals surface area (Å²) in [5.74, 6) is 0.333. The van der Waals surface area contributed by atoms with Crippen LogP contribution < -0.4 is 9.82 Å². The Morgan fingerprint density at radius 1 is 0.755 bits per heavy atom. The lowest BCUT2D eigenvalue weighted by Crippen LogP contribution is -2.31. The number of halogens is 3. The minimum Gasteiger partial charge on any atom is -0.274 e. The molecule has 0 fully saturated rings. The molecule has 0 amide bonds. The predicted octanol–water partition coefficient (Wildman–Crippen LogP) is 6.73. The van der Waals surface area contributed by atoms with Gasteiger partial charge in [0.2, 0.25) is 0 Å². The molecule has 0 aliphatic heterocycles. The third-order valence-corrected chi connectivity index (χ3v) is 11.5. The highest BCUT2D eigenvalue weighted by atomic mass is 32.3. The fourth-order valence-electron chi connectivity index (χ4n) is 5.46. The number of para-hydroxylation sites is 1. The van der Waals surface area contributed by atoms with Gasteiger partial charge in [0, 0.05) is 12.0 Å². The number of unbranched alkanes of at least 4 members (excludes halogenated alkanes) is 1. The first-order valence-corrected chi connectivity index (χ1v) is 18.6. The van der Waals surface area contributed by atoms with Gasteiger partial charge >= 0.3 is 11.9 Å². The van der Waals surface area contributed by atoms with E-state index < -0.39 is 37.5 Å². The summed E-state index contributed by atoms with van der Waals surface area (Å²) < 4.78 is 98.4. The lowest BCUT2D eigenvalue weighted by Gasteiger charge is -2.15. The Kier molecular flexibility index (Phi) is 10.6. The molecule has 0 saturated carbocycles. The quantitative estimate of drug-likeness (QED) is 0.145. The Morgan fingerprint density at radius 3 is 2.06 bits per heavy atom. The van der Waals surface area contributed by atoms with Gasteiger partial charge in [-0.15, -0.1) is 9.23 Å². The van der Waals surface area contributed by atoms with Gasteiger partial charge in [0.15, 0.2) is 0 Å². The lowest BCUT2D eigenvalue weighted by molar-refractivity contribution is -0.137. The molecule has 258 valence electrons. The second kappa shape index (κ2) is 14.5. The van der Waals surface area contributed by atoms with Gasteiger partial charge in [0.05, 0.1) is 27.6 Å². The van der Waals surface area contributed by atoms with Gasteiger partial charge in [-0.3, -0.25) is 4.57 Å². The molecule has 9 nitrogen and oxygen atoms in total. The van der Waals surface area contributed by atoms with Crippen molar-refractivity contribution >= 4 is 20.0 Å². The maximum atomic E-state index is 13.8. The largest absolute Gasteiger partial charge is 0.418 e. The van der Waals surface area contributed by atoms with Crippen LogP contribution in [-0.4, -0.2) is 31.2 Å². The van der Waals surface area contributed by atoms with Crippen molar-refractivity contribution in [2.45, 2.75) is 68.5 Å². The molecule has 0 saturated heterocycles. The second-order valence-corrected chi connectivity index (χ2v) is 15.1. The maximum absolute atomic E-state index is 13.8.